The number of amides is 1. The van der Waals surface area contributed by atoms with Crippen molar-refractivity contribution in [1.82, 2.24) is 15.5 Å². The van der Waals surface area contributed by atoms with Gasteiger partial charge in [0.25, 0.3) is 5.91 Å². The molecular weight excluding hydrogens is 330 g/mol. The number of nitrogens with one attached hydrogen (secondary N) is 1. The van der Waals surface area contributed by atoms with Crippen LogP contribution in [0.3, 0.4) is 0 Å². The maximum atomic E-state index is 12.1. The van der Waals surface area contributed by atoms with Crippen LogP contribution in [0.15, 0.2) is 33.7 Å². The van der Waals surface area contributed by atoms with E-state index in [-0.39, 0.29) is 16.2 Å². The van der Waals surface area contributed by atoms with Crippen LogP contribution in [-0.2, 0) is 21.7 Å². The van der Waals surface area contributed by atoms with Crippen LogP contribution in [0, 0.1) is 0 Å². The fourth-order valence-corrected chi connectivity index (χ4v) is 2.58. The first-order valence-electron chi connectivity index (χ1n) is 7.49. The van der Waals surface area contributed by atoms with Crippen LogP contribution in [0.1, 0.15) is 42.8 Å². The number of benzene rings is 1. The second-order valence-corrected chi connectivity index (χ2v) is 8.59. The number of nitrogens with zero attached hydrogens (tertiary/aromatic N) is 2. The van der Waals surface area contributed by atoms with Crippen LogP contribution >= 0.6 is 0 Å². The van der Waals surface area contributed by atoms with E-state index in [1.165, 1.54) is 12.1 Å². The van der Waals surface area contributed by atoms with E-state index in [4.69, 9.17) is 4.52 Å². The van der Waals surface area contributed by atoms with E-state index >= 15 is 0 Å². The van der Waals surface area contributed by atoms with Gasteiger partial charge in [-0.1, -0.05) is 32.0 Å². The Kier molecular flexibility index (Phi) is 5.08. The van der Waals surface area contributed by atoms with Crippen LogP contribution in [0.5, 0.6) is 0 Å². The Morgan fingerprint density at radius 2 is 2.00 bits per heavy atom. The Bertz CT molecular complexity index is 835. The zero-order valence-corrected chi connectivity index (χ0v) is 15.0. The van der Waals surface area contributed by atoms with Gasteiger partial charge in [0.2, 0.25) is 5.89 Å². The van der Waals surface area contributed by atoms with E-state index in [2.05, 4.69) is 15.5 Å². The highest BCUT2D eigenvalue weighted by molar-refractivity contribution is 7.90. The van der Waals surface area contributed by atoms with Gasteiger partial charge in [0.05, 0.1) is 4.90 Å². The molecular formula is C16H21N3O4S. The standard InChI is InChI=1S/C16H21N3O4S/c1-16(2,3)15-18-13(19-23-15)8-9-17-14(20)11-6-5-7-12(10-11)24(4,21)22/h5-7,10H,8-9H2,1-4H3,(H,17,20). The summed E-state index contributed by atoms with van der Waals surface area (Å²) in [5.74, 6) is 0.717. The van der Waals surface area contributed by atoms with Crippen molar-refractivity contribution in [3.05, 3.63) is 41.5 Å². The Morgan fingerprint density at radius 3 is 2.58 bits per heavy atom. The van der Waals surface area contributed by atoms with Gasteiger partial charge in [-0.2, -0.15) is 4.98 Å². The largest absolute Gasteiger partial charge is 0.352 e. The van der Waals surface area contributed by atoms with E-state index in [0.717, 1.165) is 6.26 Å². The van der Waals surface area contributed by atoms with Gasteiger partial charge >= 0.3 is 0 Å². The molecule has 2 aromatic rings. The van der Waals surface area contributed by atoms with E-state index in [9.17, 15) is 13.2 Å². The Balaban J connectivity index is 1.95. The Hall–Kier alpha value is -2.22. The van der Waals surface area contributed by atoms with Crippen molar-refractivity contribution in [3.63, 3.8) is 0 Å². The molecule has 0 aliphatic rings. The molecule has 8 heteroatoms. The van der Waals surface area contributed by atoms with Crippen molar-refractivity contribution in [2.45, 2.75) is 37.5 Å². The quantitative estimate of drug-likeness (QED) is 0.880. The van der Waals surface area contributed by atoms with Gasteiger partial charge < -0.3 is 9.84 Å². The molecule has 1 amide bonds. The first kappa shape index (κ1) is 18.1. The molecule has 0 fully saturated rings. The summed E-state index contributed by atoms with van der Waals surface area (Å²) in [4.78, 5) is 16.5. The summed E-state index contributed by atoms with van der Waals surface area (Å²) < 4.78 is 28.2. The summed E-state index contributed by atoms with van der Waals surface area (Å²) >= 11 is 0. The average Bonchev–Trinajstić information content (AvgIpc) is 2.95. The molecule has 0 saturated heterocycles. The van der Waals surface area contributed by atoms with Crippen LogP contribution in [0.4, 0.5) is 0 Å². The molecule has 24 heavy (non-hydrogen) atoms. The number of sulfone groups is 1. The summed E-state index contributed by atoms with van der Waals surface area (Å²) in [5, 5.41) is 6.60. The summed E-state index contributed by atoms with van der Waals surface area (Å²) in [5.41, 5.74) is 0.0713. The molecule has 1 aromatic heterocycles. The number of hydrogen-bond acceptors (Lipinski definition) is 6. The van der Waals surface area contributed by atoms with Crippen LogP contribution in [0.25, 0.3) is 0 Å². The van der Waals surface area contributed by atoms with Crippen LogP contribution in [-0.4, -0.2) is 37.3 Å². The number of rotatable bonds is 5. The van der Waals surface area contributed by atoms with Gasteiger partial charge in [0.15, 0.2) is 15.7 Å². The van der Waals surface area contributed by atoms with E-state index in [1.54, 1.807) is 12.1 Å². The third-order valence-electron chi connectivity index (χ3n) is 3.27. The van der Waals surface area contributed by atoms with Crippen LogP contribution < -0.4 is 5.32 Å². The molecule has 0 atom stereocenters. The molecule has 1 aromatic carbocycles. The maximum Gasteiger partial charge on any atom is 0.251 e. The first-order chi connectivity index (χ1) is 11.1. The van der Waals surface area contributed by atoms with Crippen molar-refractivity contribution in [3.8, 4) is 0 Å². The highest BCUT2D eigenvalue weighted by atomic mass is 32.2. The lowest BCUT2D eigenvalue weighted by molar-refractivity contribution is 0.0953. The van der Waals surface area contributed by atoms with Gasteiger partial charge in [-0.25, -0.2) is 8.42 Å². The van der Waals surface area contributed by atoms with Crippen molar-refractivity contribution < 1.29 is 17.7 Å². The highest BCUT2D eigenvalue weighted by Gasteiger charge is 2.21. The third kappa shape index (κ3) is 4.64. The maximum absolute atomic E-state index is 12.1. The molecule has 0 saturated carbocycles. The lowest BCUT2D eigenvalue weighted by Crippen LogP contribution is -2.26. The zero-order valence-electron chi connectivity index (χ0n) is 14.2. The lowest BCUT2D eigenvalue weighted by Gasteiger charge is -2.10. The minimum absolute atomic E-state index is 0.114. The summed E-state index contributed by atoms with van der Waals surface area (Å²) in [6, 6.07) is 5.92. The SMILES string of the molecule is CC(C)(C)c1nc(CCNC(=O)c2cccc(S(C)(=O)=O)c2)no1. The average molecular weight is 351 g/mol. The Morgan fingerprint density at radius 1 is 1.29 bits per heavy atom. The van der Waals surface area contributed by atoms with Crippen molar-refractivity contribution >= 4 is 15.7 Å². The molecule has 2 rings (SSSR count). The van der Waals surface area contributed by atoms with E-state index in [0.29, 0.717) is 30.2 Å². The smallest absolute Gasteiger partial charge is 0.251 e. The molecule has 0 bridgehead atoms. The summed E-state index contributed by atoms with van der Waals surface area (Å²) in [6.45, 7) is 6.24. The van der Waals surface area contributed by atoms with Gasteiger partial charge in [-0.3, -0.25) is 4.79 Å². The van der Waals surface area contributed by atoms with Gasteiger partial charge in [0, 0.05) is 30.2 Å². The second-order valence-electron chi connectivity index (χ2n) is 6.57. The summed E-state index contributed by atoms with van der Waals surface area (Å²) in [7, 11) is -3.35. The first-order valence-corrected chi connectivity index (χ1v) is 9.38. The van der Waals surface area contributed by atoms with Crippen LogP contribution in [0.2, 0.25) is 0 Å². The molecule has 130 valence electrons. The highest BCUT2D eigenvalue weighted by Crippen LogP contribution is 2.19. The predicted molar refractivity (Wildman–Crippen MR) is 88.6 cm³/mol. The van der Waals surface area contributed by atoms with E-state index in [1.807, 2.05) is 20.8 Å². The zero-order chi connectivity index (χ0) is 18.0. The van der Waals surface area contributed by atoms with Crippen molar-refractivity contribution in [1.29, 1.82) is 0 Å². The number of carbonyl (C=O) groups is 1. The third-order valence-corrected chi connectivity index (χ3v) is 4.38. The minimum Gasteiger partial charge on any atom is -0.352 e. The monoisotopic (exact) mass is 351 g/mol. The molecule has 0 aliphatic heterocycles. The Labute approximate surface area is 141 Å². The molecule has 0 spiro atoms. The summed E-state index contributed by atoms with van der Waals surface area (Å²) in [6.07, 6.45) is 1.53. The molecule has 1 heterocycles. The number of aromatic nitrogens is 2. The fraction of sp³-hybridized carbons (Fsp3) is 0.438. The molecule has 0 aliphatic carbocycles. The van der Waals surface area contributed by atoms with Gasteiger partial charge in [-0.05, 0) is 18.2 Å². The fourth-order valence-electron chi connectivity index (χ4n) is 1.92. The molecule has 0 radical (unpaired) electrons. The topological polar surface area (TPSA) is 102 Å². The number of hydrogen-bond donors (Lipinski definition) is 1. The van der Waals surface area contributed by atoms with Crippen molar-refractivity contribution in [2.75, 3.05) is 12.8 Å². The second kappa shape index (κ2) is 6.72. The molecule has 0 unspecified atom stereocenters. The number of carbonyl (C=O) groups excluding carboxylic acids is 1. The predicted octanol–water partition coefficient (Wildman–Crippen LogP) is 1.74. The molecule has 7 nitrogen and oxygen atoms in total. The lowest BCUT2D eigenvalue weighted by atomic mass is 9.97. The molecule has 1 N–H and O–H groups in total. The van der Waals surface area contributed by atoms with E-state index < -0.39 is 9.84 Å². The normalized spacial score (nSPS) is 12.2. The minimum atomic E-state index is -3.35. The van der Waals surface area contributed by atoms with Gasteiger partial charge in [-0.15, -0.1) is 0 Å². The van der Waals surface area contributed by atoms with Gasteiger partial charge in [0.1, 0.15) is 0 Å². The van der Waals surface area contributed by atoms with Crippen molar-refractivity contribution in [2.24, 2.45) is 0 Å².